The molecule has 1 aromatic carbocycles. The smallest absolute Gasteiger partial charge is 0.278 e. The van der Waals surface area contributed by atoms with Crippen LogP contribution in [0.4, 0.5) is 5.69 Å². The second kappa shape index (κ2) is 3.97. The van der Waals surface area contributed by atoms with Crippen molar-refractivity contribution in [1.82, 2.24) is 9.78 Å². The minimum absolute atomic E-state index is 0.0128. The predicted molar refractivity (Wildman–Crippen MR) is 60.5 cm³/mol. The highest BCUT2D eigenvalue weighted by Crippen LogP contribution is 2.13. The molecular formula is C10H11N3O2S. The number of hydrogen-bond donors (Lipinski definition) is 1. The van der Waals surface area contributed by atoms with Crippen LogP contribution in [0.3, 0.4) is 0 Å². The summed E-state index contributed by atoms with van der Waals surface area (Å²) in [4.78, 5) is 0. The van der Waals surface area contributed by atoms with E-state index in [0.717, 1.165) is 0 Å². The SMILES string of the molecule is Cn1ccc(S(=O)(=O)Nc2ccccc2)n1. The van der Waals surface area contributed by atoms with Gasteiger partial charge in [0.05, 0.1) is 0 Å². The highest BCUT2D eigenvalue weighted by molar-refractivity contribution is 7.92. The summed E-state index contributed by atoms with van der Waals surface area (Å²) < 4.78 is 27.5. The first-order chi connectivity index (χ1) is 7.58. The largest absolute Gasteiger partial charge is 0.281 e. The monoisotopic (exact) mass is 237 g/mol. The number of aromatic nitrogens is 2. The van der Waals surface area contributed by atoms with E-state index in [9.17, 15) is 8.42 Å². The molecule has 0 atom stereocenters. The van der Waals surface area contributed by atoms with Gasteiger partial charge in [-0.25, -0.2) is 0 Å². The molecule has 0 aliphatic heterocycles. The number of aryl methyl sites for hydroxylation is 1. The predicted octanol–water partition coefficient (Wildman–Crippen LogP) is 1.22. The topological polar surface area (TPSA) is 64.0 Å². The third kappa shape index (κ3) is 2.22. The van der Waals surface area contributed by atoms with Gasteiger partial charge >= 0.3 is 0 Å². The third-order valence-corrected chi connectivity index (χ3v) is 3.26. The number of rotatable bonds is 3. The van der Waals surface area contributed by atoms with Crippen LogP contribution in [0.15, 0.2) is 47.6 Å². The fraction of sp³-hybridized carbons (Fsp3) is 0.100. The number of nitrogens with zero attached hydrogens (tertiary/aromatic N) is 2. The molecule has 0 saturated heterocycles. The lowest BCUT2D eigenvalue weighted by Crippen LogP contribution is -2.13. The van der Waals surface area contributed by atoms with Gasteiger partial charge < -0.3 is 0 Å². The minimum atomic E-state index is -3.57. The zero-order valence-corrected chi connectivity index (χ0v) is 9.48. The molecule has 6 heteroatoms. The lowest BCUT2D eigenvalue weighted by Gasteiger charge is -2.04. The van der Waals surface area contributed by atoms with Crippen molar-refractivity contribution in [3.05, 3.63) is 42.6 Å². The Morgan fingerprint density at radius 2 is 1.88 bits per heavy atom. The second-order valence-corrected chi connectivity index (χ2v) is 4.93. The van der Waals surface area contributed by atoms with Crippen LogP contribution in [0.2, 0.25) is 0 Å². The molecule has 2 rings (SSSR count). The fourth-order valence-corrected chi connectivity index (χ4v) is 2.28. The van der Waals surface area contributed by atoms with Crippen LogP contribution in [-0.2, 0) is 17.1 Å². The molecule has 0 radical (unpaired) electrons. The van der Waals surface area contributed by atoms with Crippen molar-refractivity contribution in [2.75, 3.05) is 4.72 Å². The Morgan fingerprint density at radius 1 is 1.19 bits per heavy atom. The van der Waals surface area contributed by atoms with E-state index < -0.39 is 10.0 Å². The van der Waals surface area contributed by atoms with Gasteiger partial charge in [0.15, 0.2) is 5.03 Å². The van der Waals surface area contributed by atoms with Gasteiger partial charge in [0.25, 0.3) is 10.0 Å². The van der Waals surface area contributed by atoms with Crippen molar-refractivity contribution in [2.45, 2.75) is 5.03 Å². The van der Waals surface area contributed by atoms with E-state index in [1.807, 2.05) is 6.07 Å². The van der Waals surface area contributed by atoms with Crippen LogP contribution < -0.4 is 4.72 Å². The highest BCUT2D eigenvalue weighted by atomic mass is 32.2. The molecule has 0 amide bonds. The molecule has 84 valence electrons. The van der Waals surface area contributed by atoms with Crippen molar-refractivity contribution in [3.8, 4) is 0 Å². The number of sulfonamides is 1. The first kappa shape index (κ1) is 10.7. The Balaban J connectivity index is 2.28. The molecule has 16 heavy (non-hydrogen) atoms. The number of para-hydroxylation sites is 1. The molecule has 1 aromatic heterocycles. The normalized spacial score (nSPS) is 11.3. The van der Waals surface area contributed by atoms with Crippen molar-refractivity contribution < 1.29 is 8.42 Å². The van der Waals surface area contributed by atoms with E-state index in [0.29, 0.717) is 5.69 Å². The third-order valence-electron chi connectivity index (χ3n) is 1.99. The van der Waals surface area contributed by atoms with Crippen LogP contribution in [-0.4, -0.2) is 18.2 Å². The molecule has 0 unspecified atom stereocenters. The zero-order chi connectivity index (χ0) is 11.6. The van der Waals surface area contributed by atoms with E-state index in [1.54, 1.807) is 37.5 Å². The van der Waals surface area contributed by atoms with E-state index in [-0.39, 0.29) is 5.03 Å². The zero-order valence-electron chi connectivity index (χ0n) is 8.66. The summed E-state index contributed by atoms with van der Waals surface area (Å²) in [7, 11) is -1.91. The van der Waals surface area contributed by atoms with Crippen molar-refractivity contribution in [1.29, 1.82) is 0 Å². The second-order valence-electron chi connectivity index (χ2n) is 3.30. The van der Waals surface area contributed by atoms with Crippen LogP contribution in [0.1, 0.15) is 0 Å². The Kier molecular flexibility index (Phi) is 2.66. The van der Waals surface area contributed by atoms with Crippen molar-refractivity contribution in [3.63, 3.8) is 0 Å². The maximum absolute atomic E-state index is 11.8. The molecule has 0 aliphatic rings. The molecule has 0 aliphatic carbocycles. The molecular weight excluding hydrogens is 226 g/mol. The summed E-state index contributed by atoms with van der Waals surface area (Å²) in [5, 5.41) is 3.86. The first-order valence-electron chi connectivity index (χ1n) is 4.65. The van der Waals surface area contributed by atoms with E-state index in [2.05, 4.69) is 9.82 Å². The summed E-state index contributed by atoms with van der Waals surface area (Å²) in [6.07, 6.45) is 1.58. The lowest BCUT2D eigenvalue weighted by atomic mass is 10.3. The van der Waals surface area contributed by atoms with Gasteiger partial charge in [-0.15, -0.1) is 0 Å². The van der Waals surface area contributed by atoms with E-state index in [4.69, 9.17) is 0 Å². The average molecular weight is 237 g/mol. The molecule has 0 fully saturated rings. The van der Waals surface area contributed by atoms with E-state index >= 15 is 0 Å². The van der Waals surface area contributed by atoms with Crippen LogP contribution in [0.5, 0.6) is 0 Å². The molecule has 1 heterocycles. The maximum atomic E-state index is 11.8. The van der Waals surface area contributed by atoms with Crippen LogP contribution >= 0.6 is 0 Å². The standard InChI is InChI=1S/C10H11N3O2S/c1-13-8-7-10(11-13)16(14,15)12-9-5-3-2-4-6-9/h2-8,12H,1H3. The minimum Gasteiger partial charge on any atom is -0.278 e. The molecule has 2 aromatic rings. The summed E-state index contributed by atoms with van der Waals surface area (Å²) in [6, 6.07) is 10.2. The van der Waals surface area contributed by atoms with Gasteiger partial charge in [0.2, 0.25) is 0 Å². The maximum Gasteiger partial charge on any atom is 0.281 e. The Morgan fingerprint density at radius 3 is 2.44 bits per heavy atom. The van der Waals surface area contributed by atoms with Gasteiger partial charge in [-0.2, -0.15) is 13.5 Å². The van der Waals surface area contributed by atoms with E-state index in [1.165, 1.54) is 10.7 Å². The van der Waals surface area contributed by atoms with Crippen molar-refractivity contribution >= 4 is 15.7 Å². The van der Waals surface area contributed by atoms with Crippen molar-refractivity contribution in [2.24, 2.45) is 7.05 Å². The molecule has 0 bridgehead atoms. The Bertz CT molecular complexity index is 575. The molecule has 5 nitrogen and oxygen atoms in total. The number of hydrogen-bond acceptors (Lipinski definition) is 3. The van der Waals surface area contributed by atoms with Gasteiger partial charge in [-0.1, -0.05) is 18.2 Å². The fourth-order valence-electron chi connectivity index (χ4n) is 1.25. The van der Waals surface area contributed by atoms with Gasteiger partial charge in [-0.05, 0) is 18.2 Å². The van der Waals surface area contributed by atoms with Crippen LogP contribution in [0.25, 0.3) is 0 Å². The van der Waals surface area contributed by atoms with Gasteiger partial charge in [-0.3, -0.25) is 9.40 Å². The number of benzene rings is 1. The highest BCUT2D eigenvalue weighted by Gasteiger charge is 2.16. The van der Waals surface area contributed by atoms with Gasteiger partial charge in [0, 0.05) is 18.9 Å². The molecule has 1 N–H and O–H groups in total. The average Bonchev–Trinajstić information content (AvgIpc) is 2.66. The number of anilines is 1. The first-order valence-corrected chi connectivity index (χ1v) is 6.14. The number of nitrogens with one attached hydrogen (secondary N) is 1. The Hall–Kier alpha value is -1.82. The Labute approximate surface area is 93.8 Å². The molecule has 0 saturated carbocycles. The van der Waals surface area contributed by atoms with Crippen LogP contribution in [0, 0.1) is 0 Å². The summed E-state index contributed by atoms with van der Waals surface area (Å²) in [5.74, 6) is 0. The summed E-state index contributed by atoms with van der Waals surface area (Å²) in [5.41, 5.74) is 0.521. The molecule has 0 spiro atoms. The summed E-state index contributed by atoms with van der Waals surface area (Å²) >= 11 is 0. The lowest BCUT2D eigenvalue weighted by molar-refractivity contribution is 0.593. The van der Waals surface area contributed by atoms with Gasteiger partial charge in [0.1, 0.15) is 0 Å². The quantitative estimate of drug-likeness (QED) is 0.873. The summed E-state index contributed by atoms with van der Waals surface area (Å²) in [6.45, 7) is 0.